The fraction of sp³-hybridized carbons (Fsp3) is 0.500. The normalized spacial score (nSPS) is 22.8. The standard InChI is InChI=1S/C16H22N2O2/c1-3-14(13-7-5-4-6-8-13)16(19)18-10-9-15(17-20)12(2)11-18/h4-8,12,14,20H,3,9-11H2,1-2H3/b17-15-. The zero-order valence-electron chi connectivity index (χ0n) is 12.1. The third kappa shape index (κ3) is 3.00. The molecule has 2 atom stereocenters. The summed E-state index contributed by atoms with van der Waals surface area (Å²) in [6.45, 7) is 5.33. The van der Waals surface area contributed by atoms with Crippen molar-refractivity contribution in [3.8, 4) is 0 Å². The lowest BCUT2D eigenvalue weighted by molar-refractivity contribution is -0.133. The minimum atomic E-state index is -0.0731. The van der Waals surface area contributed by atoms with E-state index in [0.717, 1.165) is 17.7 Å². The molecule has 0 aliphatic carbocycles. The molecule has 0 spiro atoms. The van der Waals surface area contributed by atoms with Crippen molar-refractivity contribution in [2.24, 2.45) is 11.1 Å². The smallest absolute Gasteiger partial charge is 0.230 e. The van der Waals surface area contributed by atoms with E-state index in [4.69, 9.17) is 5.21 Å². The van der Waals surface area contributed by atoms with Crippen molar-refractivity contribution in [2.45, 2.75) is 32.6 Å². The molecule has 4 nitrogen and oxygen atoms in total. The van der Waals surface area contributed by atoms with Crippen LogP contribution in [0.3, 0.4) is 0 Å². The zero-order chi connectivity index (χ0) is 14.5. The summed E-state index contributed by atoms with van der Waals surface area (Å²) in [6.07, 6.45) is 1.46. The van der Waals surface area contributed by atoms with Crippen molar-refractivity contribution in [3.63, 3.8) is 0 Å². The fourth-order valence-corrected chi connectivity index (χ4v) is 2.83. The monoisotopic (exact) mass is 274 g/mol. The lowest BCUT2D eigenvalue weighted by Crippen LogP contribution is -2.45. The number of piperidine rings is 1. The Bertz CT molecular complexity index is 485. The third-order valence-electron chi connectivity index (χ3n) is 4.05. The molecule has 0 radical (unpaired) electrons. The van der Waals surface area contributed by atoms with Crippen LogP contribution in [0.25, 0.3) is 0 Å². The van der Waals surface area contributed by atoms with E-state index in [2.05, 4.69) is 5.16 Å². The number of nitrogens with zero attached hydrogens (tertiary/aromatic N) is 2. The van der Waals surface area contributed by atoms with E-state index >= 15 is 0 Å². The fourth-order valence-electron chi connectivity index (χ4n) is 2.83. The molecular weight excluding hydrogens is 252 g/mol. The van der Waals surface area contributed by atoms with Gasteiger partial charge in [-0.05, 0) is 12.0 Å². The van der Waals surface area contributed by atoms with Crippen LogP contribution in [0.2, 0.25) is 0 Å². The molecule has 1 N–H and O–H groups in total. The number of likely N-dealkylation sites (tertiary alicyclic amines) is 1. The highest BCUT2D eigenvalue weighted by molar-refractivity contribution is 5.90. The van der Waals surface area contributed by atoms with Crippen LogP contribution in [-0.2, 0) is 4.79 Å². The van der Waals surface area contributed by atoms with Gasteiger partial charge in [0.25, 0.3) is 0 Å². The predicted molar refractivity (Wildman–Crippen MR) is 79.1 cm³/mol. The quantitative estimate of drug-likeness (QED) is 0.680. The van der Waals surface area contributed by atoms with Gasteiger partial charge < -0.3 is 10.1 Å². The largest absolute Gasteiger partial charge is 0.411 e. The Morgan fingerprint density at radius 1 is 1.45 bits per heavy atom. The van der Waals surface area contributed by atoms with E-state index in [1.54, 1.807) is 0 Å². The van der Waals surface area contributed by atoms with E-state index < -0.39 is 0 Å². The minimum absolute atomic E-state index is 0.0731. The van der Waals surface area contributed by atoms with Gasteiger partial charge in [-0.3, -0.25) is 4.79 Å². The summed E-state index contributed by atoms with van der Waals surface area (Å²) in [7, 11) is 0. The number of rotatable bonds is 3. The molecule has 0 saturated carbocycles. The Kier molecular flexibility index (Phi) is 4.77. The average Bonchev–Trinajstić information content (AvgIpc) is 2.49. The van der Waals surface area contributed by atoms with E-state index in [9.17, 15) is 4.79 Å². The molecule has 1 aliphatic heterocycles. The number of carbonyl (C=O) groups is 1. The van der Waals surface area contributed by atoms with Gasteiger partial charge in [-0.1, -0.05) is 49.3 Å². The summed E-state index contributed by atoms with van der Waals surface area (Å²) < 4.78 is 0. The lowest BCUT2D eigenvalue weighted by Gasteiger charge is -2.34. The lowest BCUT2D eigenvalue weighted by atomic mass is 9.92. The van der Waals surface area contributed by atoms with Gasteiger partial charge in [-0.2, -0.15) is 0 Å². The van der Waals surface area contributed by atoms with E-state index in [-0.39, 0.29) is 17.7 Å². The molecule has 0 bridgehead atoms. The summed E-state index contributed by atoms with van der Waals surface area (Å²) in [4.78, 5) is 14.6. The first-order valence-electron chi connectivity index (χ1n) is 7.22. The Morgan fingerprint density at radius 2 is 2.15 bits per heavy atom. The number of amides is 1. The van der Waals surface area contributed by atoms with Gasteiger partial charge in [0, 0.05) is 25.4 Å². The van der Waals surface area contributed by atoms with Gasteiger partial charge >= 0.3 is 0 Å². The predicted octanol–water partition coefficient (Wildman–Crippen LogP) is 2.88. The zero-order valence-corrected chi connectivity index (χ0v) is 12.1. The number of hydrogen-bond acceptors (Lipinski definition) is 3. The van der Waals surface area contributed by atoms with Crippen LogP contribution < -0.4 is 0 Å². The number of carbonyl (C=O) groups excluding carboxylic acids is 1. The SMILES string of the molecule is CCC(C(=O)N1CC/C(=N/O)C(C)C1)c1ccccc1. The van der Waals surface area contributed by atoms with Crippen LogP contribution in [-0.4, -0.2) is 34.8 Å². The molecule has 1 aromatic carbocycles. The number of benzene rings is 1. The third-order valence-corrected chi connectivity index (χ3v) is 4.05. The van der Waals surface area contributed by atoms with Crippen LogP contribution in [0.1, 0.15) is 38.2 Å². The molecule has 1 aliphatic rings. The van der Waals surface area contributed by atoms with Crippen molar-refractivity contribution < 1.29 is 10.0 Å². The Balaban J connectivity index is 2.10. The highest BCUT2D eigenvalue weighted by atomic mass is 16.4. The molecule has 2 unspecified atom stereocenters. The van der Waals surface area contributed by atoms with Gasteiger partial charge in [0.2, 0.25) is 5.91 Å². The van der Waals surface area contributed by atoms with E-state index in [1.165, 1.54) is 0 Å². The molecular formula is C16H22N2O2. The summed E-state index contributed by atoms with van der Waals surface area (Å²) >= 11 is 0. The Morgan fingerprint density at radius 3 is 2.70 bits per heavy atom. The first-order chi connectivity index (χ1) is 9.67. The maximum absolute atomic E-state index is 12.7. The number of oxime groups is 1. The first kappa shape index (κ1) is 14.6. The molecule has 1 heterocycles. The molecule has 1 aromatic rings. The van der Waals surface area contributed by atoms with Crippen LogP contribution >= 0.6 is 0 Å². The highest BCUT2D eigenvalue weighted by Crippen LogP contribution is 2.24. The second-order valence-corrected chi connectivity index (χ2v) is 5.40. The maximum Gasteiger partial charge on any atom is 0.230 e. The van der Waals surface area contributed by atoms with Crippen LogP contribution in [0.4, 0.5) is 0 Å². The molecule has 108 valence electrons. The molecule has 4 heteroatoms. The summed E-state index contributed by atoms with van der Waals surface area (Å²) in [5.41, 5.74) is 1.87. The highest BCUT2D eigenvalue weighted by Gasteiger charge is 2.30. The van der Waals surface area contributed by atoms with Crippen LogP contribution in [0, 0.1) is 5.92 Å². The van der Waals surface area contributed by atoms with Gasteiger partial charge in [-0.15, -0.1) is 0 Å². The van der Waals surface area contributed by atoms with E-state index in [0.29, 0.717) is 19.5 Å². The van der Waals surface area contributed by atoms with Gasteiger partial charge in [0.05, 0.1) is 11.6 Å². The second kappa shape index (κ2) is 6.55. The molecule has 1 saturated heterocycles. The Hall–Kier alpha value is -1.84. The molecule has 2 rings (SSSR count). The van der Waals surface area contributed by atoms with Crippen molar-refractivity contribution >= 4 is 11.6 Å². The second-order valence-electron chi connectivity index (χ2n) is 5.40. The van der Waals surface area contributed by atoms with Crippen molar-refractivity contribution in [1.29, 1.82) is 0 Å². The summed E-state index contributed by atoms with van der Waals surface area (Å²) in [6, 6.07) is 9.94. The van der Waals surface area contributed by atoms with Crippen LogP contribution in [0.5, 0.6) is 0 Å². The summed E-state index contributed by atoms with van der Waals surface area (Å²) in [5, 5.41) is 12.2. The van der Waals surface area contributed by atoms with Gasteiger partial charge in [0.15, 0.2) is 0 Å². The van der Waals surface area contributed by atoms with Crippen molar-refractivity contribution in [1.82, 2.24) is 4.90 Å². The summed E-state index contributed by atoms with van der Waals surface area (Å²) in [5.74, 6) is 0.240. The van der Waals surface area contributed by atoms with Gasteiger partial charge in [0.1, 0.15) is 0 Å². The molecule has 1 fully saturated rings. The van der Waals surface area contributed by atoms with Crippen molar-refractivity contribution in [2.75, 3.05) is 13.1 Å². The molecule has 0 aromatic heterocycles. The minimum Gasteiger partial charge on any atom is -0.411 e. The van der Waals surface area contributed by atoms with E-state index in [1.807, 2.05) is 49.1 Å². The van der Waals surface area contributed by atoms with Crippen molar-refractivity contribution in [3.05, 3.63) is 35.9 Å². The van der Waals surface area contributed by atoms with Gasteiger partial charge in [-0.25, -0.2) is 0 Å². The average molecular weight is 274 g/mol. The number of hydrogen-bond donors (Lipinski definition) is 1. The van der Waals surface area contributed by atoms with Crippen LogP contribution in [0.15, 0.2) is 35.5 Å². The first-order valence-corrected chi connectivity index (χ1v) is 7.22. The maximum atomic E-state index is 12.7. The topological polar surface area (TPSA) is 52.9 Å². The molecule has 1 amide bonds. The molecule has 20 heavy (non-hydrogen) atoms. The Labute approximate surface area is 120 Å².